The van der Waals surface area contributed by atoms with Gasteiger partial charge in [0.1, 0.15) is 17.4 Å². The smallest absolute Gasteiger partial charge is 0.269 e. The molecule has 0 aliphatic rings. The second kappa shape index (κ2) is 6.83. The number of aromatic nitrogens is 1. The van der Waals surface area contributed by atoms with Gasteiger partial charge in [0.05, 0.1) is 10.7 Å². The van der Waals surface area contributed by atoms with E-state index in [2.05, 4.69) is 6.58 Å². The fraction of sp³-hybridized carbons (Fsp3) is 0.188. The molecule has 0 N–H and O–H groups in total. The number of hydrogen-bond acceptors (Lipinski definition) is 2. The molecule has 0 aliphatic heterocycles. The van der Waals surface area contributed by atoms with Crippen molar-refractivity contribution in [2.75, 3.05) is 6.61 Å². The van der Waals surface area contributed by atoms with E-state index in [0.717, 1.165) is 11.3 Å². The van der Waals surface area contributed by atoms with E-state index >= 15 is 0 Å². The van der Waals surface area contributed by atoms with Gasteiger partial charge in [-0.3, -0.25) is 4.79 Å². The van der Waals surface area contributed by atoms with Crippen molar-refractivity contribution in [1.82, 2.24) is 4.57 Å². The van der Waals surface area contributed by atoms with Crippen LogP contribution in [0.2, 0.25) is 10.0 Å². The minimum Gasteiger partial charge on any atom is -0.490 e. The largest absolute Gasteiger partial charge is 0.490 e. The van der Waals surface area contributed by atoms with Gasteiger partial charge in [0.15, 0.2) is 0 Å². The summed E-state index contributed by atoms with van der Waals surface area (Å²) in [6.07, 6.45) is 1.66. The minimum absolute atomic E-state index is 0.197. The van der Waals surface area contributed by atoms with Crippen LogP contribution in [0.4, 0.5) is 0 Å². The second-order valence-electron chi connectivity index (χ2n) is 4.36. The summed E-state index contributed by atoms with van der Waals surface area (Å²) in [5, 5.41) is 0.711. The van der Waals surface area contributed by atoms with Crippen molar-refractivity contribution in [2.24, 2.45) is 0 Å². The van der Waals surface area contributed by atoms with Crippen LogP contribution < -0.4 is 10.3 Å². The number of halogens is 2. The third kappa shape index (κ3) is 3.31. The third-order valence-electron chi connectivity index (χ3n) is 3.03. The van der Waals surface area contributed by atoms with Crippen LogP contribution in [0.15, 0.2) is 47.8 Å². The van der Waals surface area contributed by atoms with Gasteiger partial charge in [-0.15, -0.1) is 0 Å². The fourth-order valence-electron chi connectivity index (χ4n) is 2.05. The fourth-order valence-corrected chi connectivity index (χ4v) is 2.48. The summed E-state index contributed by atoms with van der Waals surface area (Å²) in [6, 6.07) is 8.74. The molecule has 0 aliphatic carbocycles. The highest BCUT2D eigenvalue weighted by Gasteiger charge is 2.11. The summed E-state index contributed by atoms with van der Waals surface area (Å²) in [4.78, 5) is 12.1. The van der Waals surface area contributed by atoms with Crippen molar-refractivity contribution < 1.29 is 4.74 Å². The van der Waals surface area contributed by atoms with Crippen LogP contribution in [-0.2, 0) is 6.54 Å². The summed E-state index contributed by atoms with van der Waals surface area (Å²) >= 11 is 12.2. The van der Waals surface area contributed by atoms with E-state index in [4.69, 9.17) is 27.9 Å². The number of ether oxygens (including phenoxy) is 1. The number of pyridine rings is 1. The number of hydrogen-bond donors (Lipinski definition) is 0. The average molecular weight is 324 g/mol. The molecular weight excluding hydrogens is 309 g/mol. The molecule has 0 unspecified atom stereocenters. The summed E-state index contributed by atoms with van der Waals surface area (Å²) in [6.45, 7) is 6.41. The van der Waals surface area contributed by atoms with Crippen LogP contribution in [0.25, 0.3) is 11.3 Å². The SMILES string of the molecule is C=CCOc1ccc(-c2ccc(Cl)c(=O)n2CC)c(Cl)c1. The van der Waals surface area contributed by atoms with Gasteiger partial charge in [0, 0.05) is 12.1 Å². The molecule has 0 saturated carbocycles. The maximum atomic E-state index is 12.1. The first kappa shape index (κ1) is 15.7. The first-order chi connectivity index (χ1) is 10.1. The summed E-state index contributed by atoms with van der Waals surface area (Å²) in [5.41, 5.74) is 1.27. The summed E-state index contributed by atoms with van der Waals surface area (Å²) < 4.78 is 7.03. The molecule has 110 valence electrons. The van der Waals surface area contributed by atoms with E-state index < -0.39 is 0 Å². The average Bonchev–Trinajstić information content (AvgIpc) is 2.48. The zero-order valence-corrected chi connectivity index (χ0v) is 13.1. The van der Waals surface area contributed by atoms with Crippen molar-refractivity contribution in [3.05, 3.63) is 63.4 Å². The maximum absolute atomic E-state index is 12.1. The molecule has 21 heavy (non-hydrogen) atoms. The van der Waals surface area contributed by atoms with Gasteiger partial charge in [0.2, 0.25) is 0 Å². The van der Waals surface area contributed by atoms with E-state index in [1.165, 1.54) is 0 Å². The Balaban J connectivity index is 2.50. The Labute approximate surface area is 133 Å². The zero-order chi connectivity index (χ0) is 15.4. The molecule has 5 heteroatoms. The van der Waals surface area contributed by atoms with E-state index in [0.29, 0.717) is 23.9 Å². The Morgan fingerprint density at radius 1 is 1.24 bits per heavy atom. The quantitative estimate of drug-likeness (QED) is 0.763. The molecule has 0 atom stereocenters. The normalized spacial score (nSPS) is 10.4. The summed E-state index contributed by atoms with van der Waals surface area (Å²) in [5.74, 6) is 0.656. The molecule has 0 spiro atoms. The number of benzene rings is 1. The lowest BCUT2D eigenvalue weighted by molar-refractivity contribution is 0.363. The highest BCUT2D eigenvalue weighted by atomic mass is 35.5. The van der Waals surface area contributed by atoms with E-state index in [1.54, 1.807) is 28.8 Å². The molecule has 3 nitrogen and oxygen atoms in total. The molecule has 0 fully saturated rings. The Bertz CT molecular complexity index is 723. The molecular formula is C16H15Cl2NO2. The van der Waals surface area contributed by atoms with Crippen molar-refractivity contribution in [3.8, 4) is 17.0 Å². The lowest BCUT2D eigenvalue weighted by Gasteiger charge is -2.13. The van der Waals surface area contributed by atoms with Gasteiger partial charge in [0.25, 0.3) is 5.56 Å². The molecule has 1 aromatic carbocycles. The van der Waals surface area contributed by atoms with Crippen LogP contribution in [0.1, 0.15) is 6.92 Å². The van der Waals surface area contributed by atoms with E-state index in [9.17, 15) is 4.79 Å². The number of rotatable bonds is 5. The Kier molecular flexibility index (Phi) is 5.10. The van der Waals surface area contributed by atoms with Crippen molar-refractivity contribution >= 4 is 23.2 Å². The predicted octanol–water partition coefficient (Wildman–Crippen LogP) is 4.41. The predicted molar refractivity (Wildman–Crippen MR) is 87.5 cm³/mol. The maximum Gasteiger partial charge on any atom is 0.269 e. The van der Waals surface area contributed by atoms with Gasteiger partial charge in [-0.2, -0.15) is 0 Å². The van der Waals surface area contributed by atoms with Gasteiger partial charge in [-0.1, -0.05) is 35.9 Å². The number of nitrogens with zero attached hydrogens (tertiary/aromatic N) is 1. The van der Waals surface area contributed by atoms with Crippen LogP contribution in [0.5, 0.6) is 5.75 Å². The zero-order valence-electron chi connectivity index (χ0n) is 11.6. The Morgan fingerprint density at radius 2 is 2.00 bits per heavy atom. The first-order valence-electron chi connectivity index (χ1n) is 6.51. The van der Waals surface area contributed by atoms with Gasteiger partial charge >= 0.3 is 0 Å². The van der Waals surface area contributed by atoms with Gasteiger partial charge in [-0.05, 0) is 37.3 Å². The molecule has 2 aromatic rings. The van der Waals surface area contributed by atoms with E-state index in [-0.39, 0.29) is 10.6 Å². The Morgan fingerprint density at radius 3 is 2.62 bits per heavy atom. The van der Waals surface area contributed by atoms with Crippen LogP contribution >= 0.6 is 23.2 Å². The molecule has 1 heterocycles. The van der Waals surface area contributed by atoms with Crippen LogP contribution in [0, 0.1) is 0 Å². The van der Waals surface area contributed by atoms with Crippen molar-refractivity contribution in [2.45, 2.75) is 13.5 Å². The van der Waals surface area contributed by atoms with E-state index in [1.807, 2.05) is 19.1 Å². The summed E-state index contributed by atoms with van der Waals surface area (Å²) in [7, 11) is 0. The van der Waals surface area contributed by atoms with Crippen molar-refractivity contribution in [3.63, 3.8) is 0 Å². The van der Waals surface area contributed by atoms with Gasteiger partial charge < -0.3 is 9.30 Å². The topological polar surface area (TPSA) is 31.2 Å². The molecule has 0 amide bonds. The first-order valence-corrected chi connectivity index (χ1v) is 7.27. The minimum atomic E-state index is -0.222. The standard InChI is InChI=1S/C16H15Cl2NO2/c1-3-9-21-11-5-6-12(14(18)10-11)15-8-7-13(17)16(20)19(15)4-2/h3,5-8,10H,1,4,9H2,2H3. The monoisotopic (exact) mass is 323 g/mol. The highest BCUT2D eigenvalue weighted by Crippen LogP contribution is 2.31. The Hall–Kier alpha value is -1.71. The highest BCUT2D eigenvalue weighted by molar-refractivity contribution is 6.33. The molecule has 0 radical (unpaired) electrons. The van der Waals surface area contributed by atoms with Gasteiger partial charge in [-0.25, -0.2) is 0 Å². The lowest BCUT2D eigenvalue weighted by atomic mass is 10.1. The second-order valence-corrected chi connectivity index (χ2v) is 5.17. The molecule has 0 bridgehead atoms. The molecule has 2 rings (SSSR count). The van der Waals surface area contributed by atoms with Crippen LogP contribution in [-0.4, -0.2) is 11.2 Å². The van der Waals surface area contributed by atoms with Crippen molar-refractivity contribution in [1.29, 1.82) is 0 Å². The van der Waals surface area contributed by atoms with Crippen LogP contribution in [0.3, 0.4) is 0 Å². The molecule has 1 aromatic heterocycles. The third-order valence-corrected chi connectivity index (χ3v) is 3.63. The lowest BCUT2D eigenvalue weighted by Crippen LogP contribution is -2.21. The molecule has 0 saturated heterocycles.